The zero-order valence-electron chi connectivity index (χ0n) is 15.3. The Labute approximate surface area is 159 Å². The van der Waals surface area contributed by atoms with Crippen molar-refractivity contribution in [1.29, 1.82) is 5.26 Å². The predicted octanol–water partition coefficient (Wildman–Crippen LogP) is 4.05. The van der Waals surface area contributed by atoms with E-state index in [4.69, 9.17) is 9.47 Å². The van der Waals surface area contributed by atoms with E-state index in [-0.39, 0.29) is 9.80 Å². The molecule has 6 heteroatoms. The van der Waals surface area contributed by atoms with Crippen molar-refractivity contribution >= 4 is 15.9 Å². The van der Waals surface area contributed by atoms with Crippen LogP contribution < -0.4 is 9.47 Å². The number of rotatable bonds is 4. The van der Waals surface area contributed by atoms with Crippen LogP contribution in [0.15, 0.2) is 63.9 Å². The van der Waals surface area contributed by atoms with E-state index in [2.05, 4.69) is 0 Å². The van der Waals surface area contributed by atoms with Crippen LogP contribution in [0.1, 0.15) is 18.1 Å². The molecule has 0 fully saturated rings. The maximum atomic E-state index is 12.8. The van der Waals surface area contributed by atoms with Crippen LogP contribution in [0.25, 0.3) is 6.08 Å². The summed E-state index contributed by atoms with van der Waals surface area (Å²) in [6, 6.07) is 13.7. The third kappa shape index (κ3) is 3.60. The smallest absolute Gasteiger partial charge is 0.216 e. The molecule has 2 aromatic carbocycles. The minimum atomic E-state index is -3.90. The molecule has 0 spiro atoms. The molecule has 5 nitrogen and oxygen atoms in total. The fourth-order valence-electron chi connectivity index (χ4n) is 2.80. The van der Waals surface area contributed by atoms with Crippen molar-refractivity contribution < 1.29 is 17.9 Å². The van der Waals surface area contributed by atoms with E-state index in [9.17, 15) is 13.7 Å². The first-order valence-electron chi connectivity index (χ1n) is 8.35. The SMILES string of the molecule is COc1cccc2c1OC(C)C(C=C(C#N)S(=O)(=O)c1ccc(C)cc1)=C2. The summed E-state index contributed by atoms with van der Waals surface area (Å²) in [6.07, 6.45) is 2.77. The summed E-state index contributed by atoms with van der Waals surface area (Å²) in [5.41, 5.74) is 2.31. The van der Waals surface area contributed by atoms with E-state index >= 15 is 0 Å². The summed E-state index contributed by atoms with van der Waals surface area (Å²) in [5, 5.41) is 9.49. The summed E-state index contributed by atoms with van der Waals surface area (Å²) < 4.78 is 36.9. The summed E-state index contributed by atoms with van der Waals surface area (Å²) in [4.78, 5) is -0.229. The number of allylic oxidation sites excluding steroid dienone is 1. The highest BCUT2D eigenvalue weighted by atomic mass is 32.2. The molecular weight excluding hydrogens is 362 g/mol. The number of methoxy groups -OCH3 is 1. The highest BCUT2D eigenvalue weighted by molar-refractivity contribution is 7.95. The van der Waals surface area contributed by atoms with Gasteiger partial charge in [-0.25, -0.2) is 8.42 Å². The zero-order valence-corrected chi connectivity index (χ0v) is 16.1. The lowest BCUT2D eigenvalue weighted by Gasteiger charge is -2.24. The number of fused-ring (bicyclic) bond motifs is 1. The molecule has 0 bridgehead atoms. The van der Waals surface area contributed by atoms with E-state index in [1.165, 1.54) is 18.2 Å². The fraction of sp³-hybridized carbons (Fsp3) is 0.190. The van der Waals surface area contributed by atoms with Gasteiger partial charge >= 0.3 is 0 Å². The monoisotopic (exact) mass is 381 g/mol. The topological polar surface area (TPSA) is 76.4 Å². The minimum absolute atomic E-state index is 0.0907. The van der Waals surface area contributed by atoms with Gasteiger partial charge in [-0.3, -0.25) is 0 Å². The molecular formula is C21H19NO4S. The van der Waals surface area contributed by atoms with Gasteiger partial charge < -0.3 is 9.47 Å². The normalized spacial score (nSPS) is 16.6. The molecule has 0 saturated heterocycles. The van der Waals surface area contributed by atoms with Gasteiger partial charge in [0.1, 0.15) is 17.1 Å². The minimum Gasteiger partial charge on any atom is -0.493 e. The van der Waals surface area contributed by atoms with Gasteiger partial charge in [-0.1, -0.05) is 29.8 Å². The summed E-state index contributed by atoms with van der Waals surface area (Å²) in [7, 11) is -2.34. The number of sulfone groups is 1. The molecule has 1 aliphatic rings. The van der Waals surface area contributed by atoms with Crippen LogP contribution >= 0.6 is 0 Å². The van der Waals surface area contributed by atoms with Gasteiger partial charge in [-0.2, -0.15) is 5.26 Å². The maximum Gasteiger partial charge on any atom is 0.216 e. The number of hydrogen-bond acceptors (Lipinski definition) is 5. The first-order valence-corrected chi connectivity index (χ1v) is 9.84. The number of para-hydroxylation sites is 1. The van der Waals surface area contributed by atoms with Crippen molar-refractivity contribution in [2.75, 3.05) is 7.11 Å². The lowest BCUT2D eigenvalue weighted by Crippen LogP contribution is -2.19. The molecule has 1 heterocycles. The average Bonchev–Trinajstić information content (AvgIpc) is 2.66. The van der Waals surface area contributed by atoms with Gasteiger partial charge in [-0.15, -0.1) is 0 Å². The van der Waals surface area contributed by atoms with E-state index in [0.29, 0.717) is 17.1 Å². The Morgan fingerprint density at radius 1 is 1.22 bits per heavy atom. The number of nitrogens with zero attached hydrogens (tertiary/aromatic N) is 1. The number of aryl methyl sites for hydroxylation is 1. The predicted molar refractivity (Wildman–Crippen MR) is 103 cm³/mol. The van der Waals surface area contributed by atoms with Gasteiger partial charge in [0.15, 0.2) is 11.5 Å². The Morgan fingerprint density at radius 3 is 2.56 bits per heavy atom. The fourth-order valence-corrected chi connectivity index (χ4v) is 3.96. The number of hydrogen-bond donors (Lipinski definition) is 0. The van der Waals surface area contributed by atoms with Crippen molar-refractivity contribution in [1.82, 2.24) is 0 Å². The van der Waals surface area contributed by atoms with Crippen LogP contribution in [0.4, 0.5) is 0 Å². The third-order valence-electron chi connectivity index (χ3n) is 4.34. The number of nitriles is 1. The highest BCUT2D eigenvalue weighted by Crippen LogP contribution is 2.38. The van der Waals surface area contributed by atoms with E-state index < -0.39 is 15.9 Å². The molecule has 0 aliphatic carbocycles. The largest absolute Gasteiger partial charge is 0.493 e. The zero-order chi connectivity index (χ0) is 19.6. The number of ether oxygens (including phenoxy) is 2. The van der Waals surface area contributed by atoms with E-state index in [1.54, 1.807) is 32.2 Å². The average molecular weight is 381 g/mol. The first kappa shape index (κ1) is 18.7. The van der Waals surface area contributed by atoms with Crippen LogP contribution in [0.2, 0.25) is 0 Å². The van der Waals surface area contributed by atoms with Gasteiger partial charge in [-0.05, 0) is 49.8 Å². The molecule has 1 unspecified atom stereocenters. The third-order valence-corrected chi connectivity index (χ3v) is 6.03. The standard InChI is InChI=1S/C21H19NO4S/c1-14-7-9-18(10-8-14)27(23,24)19(13-22)12-17-11-16-5-4-6-20(25-3)21(16)26-15(17)2/h4-12,15H,1-3H3. The summed E-state index contributed by atoms with van der Waals surface area (Å²) in [5.74, 6) is 1.20. The highest BCUT2D eigenvalue weighted by Gasteiger charge is 2.25. The van der Waals surface area contributed by atoms with Crippen LogP contribution in [-0.4, -0.2) is 21.6 Å². The first-order chi connectivity index (χ1) is 12.9. The number of benzene rings is 2. The van der Waals surface area contributed by atoms with E-state index in [1.807, 2.05) is 31.2 Å². The molecule has 2 aromatic rings. The van der Waals surface area contributed by atoms with Crippen molar-refractivity contribution in [2.45, 2.75) is 24.8 Å². The maximum absolute atomic E-state index is 12.8. The van der Waals surface area contributed by atoms with Crippen molar-refractivity contribution in [3.8, 4) is 17.6 Å². The molecule has 0 aromatic heterocycles. The molecule has 0 amide bonds. The van der Waals surface area contributed by atoms with Crippen LogP contribution in [0.5, 0.6) is 11.5 Å². The second kappa shape index (κ2) is 7.29. The van der Waals surface area contributed by atoms with Gasteiger partial charge in [0, 0.05) is 5.56 Å². The van der Waals surface area contributed by atoms with Crippen LogP contribution in [0.3, 0.4) is 0 Å². The molecule has 1 atom stereocenters. The van der Waals surface area contributed by atoms with Crippen molar-refractivity contribution in [3.63, 3.8) is 0 Å². The van der Waals surface area contributed by atoms with Gasteiger partial charge in [0.05, 0.1) is 12.0 Å². The lowest BCUT2D eigenvalue weighted by molar-refractivity contribution is 0.243. The lowest BCUT2D eigenvalue weighted by atomic mass is 10.0. The molecule has 27 heavy (non-hydrogen) atoms. The Balaban J connectivity index is 2.06. The van der Waals surface area contributed by atoms with E-state index in [0.717, 1.165) is 11.1 Å². The Kier molecular flexibility index (Phi) is 5.06. The van der Waals surface area contributed by atoms with Crippen LogP contribution in [0, 0.1) is 18.3 Å². The molecule has 0 N–H and O–H groups in total. The van der Waals surface area contributed by atoms with Crippen molar-refractivity contribution in [2.24, 2.45) is 0 Å². The quantitative estimate of drug-likeness (QED) is 0.747. The Bertz CT molecular complexity index is 1070. The Morgan fingerprint density at radius 2 is 1.93 bits per heavy atom. The second-order valence-electron chi connectivity index (χ2n) is 6.22. The summed E-state index contributed by atoms with van der Waals surface area (Å²) in [6.45, 7) is 3.67. The molecule has 0 saturated carbocycles. The summed E-state index contributed by atoms with van der Waals surface area (Å²) >= 11 is 0. The molecule has 1 aliphatic heterocycles. The van der Waals surface area contributed by atoms with Crippen molar-refractivity contribution in [3.05, 3.63) is 70.1 Å². The van der Waals surface area contributed by atoms with Gasteiger partial charge in [0.2, 0.25) is 9.84 Å². The van der Waals surface area contributed by atoms with Crippen LogP contribution in [-0.2, 0) is 9.84 Å². The molecule has 0 radical (unpaired) electrons. The molecule has 138 valence electrons. The van der Waals surface area contributed by atoms with Gasteiger partial charge in [0.25, 0.3) is 0 Å². The Hall–Kier alpha value is -3.04. The molecule has 3 rings (SSSR count). The second-order valence-corrected chi connectivity index (χ2v) is 8.14.